The molecule has 1 unspecified atom stereocenters. The van der Waals surface area contributed by atoms with E-state index in [9.17, 15) is 5.11 Å². The van der Waals surface area contributed by atoms with Gasteiger partial charge in [-0.1, -0.05) is 78.5 Å². The van der Waals surface area contributed by atoms with E-state index >= 15 is 0 Å². The lowest BCUT2D eigenvalue weighted by atomic mass is 10.1. The van der Waals surface area contributed by atoms with Gasteiger partial charge in [-0.15, -0.1) is 0 Å². The summed E-state index contributed by atoms with van der Waals surface area (Å²) in [4.78, 5) is 4.33. The van der Waals surface area contributed by atoms with Gasteiger partial charge in [0, 0.05) is 34.0 Å². The van der Waals surface area contributed by atoms with Crippen LogP contribution in [-0.4, -0.2) is 36.3 Å². The first-order valence-electron chi connectivity index (χ1n) is 10.7. The Morgan fingerprint density at radius 3 is 2.41 bits per heavy atom. The van der Waals surface area contributed by atoms with Crippen LogP contribution in [0.25, 0.3) is 10.8 Å². The summed E-state index contributed by atoms with van der Waals surface area (Å²) in [6.45, 7) is 1.48. The summed E-state index contributed by atoms with van der Waals surface area (Å²) in [5.74, 6) is 0.798. The molecule has 0 aromatic heterocycles. The fraction of sp³-hybridized carbons (Fsp3) is 0.185. The lowest BCUT2D eigenvalue weighted by molar-refractivity contribution is 0.0748. The van der Waals surface area contributed by atoms with Crippen LogP contribution in [0.15, 0.2) is 101 Å². The molecule has 4 aromatic carbocycles. The molecule has 164 valence electrons. The largest absolute Gasteiger partial charge is 0.490 e. The summed E-state index contributed by atoms with van der Waals surface area (Å²) < 4.78 is 5.95. The second-order valence-corrected chi connectivity index (χ2v) is 8.97. The minimum absolute atomic E-state index is 0.245. The van der Waals surface area contributed by atoms with Gasteiger partial charge < -0.3 is 15.6 Å². The van der Waals surface area contributed by atoms with Gasteiger partial charge in [-0.3, -0.25) is 4.90 Å². The Kier molecular flexibility index (Phi) is 7.32. The van der Waals surface area contributed by atoms with Crippen LogP contribution < -0.4 is 10.5 Å². The number of ether oxygens (including phenoxy) is 1. The molecule has 3 N–H and O–H groups in total. The maximum absolute atomic E-state index is 10.6. The normalized spacial score (nSPS) is 12.2. The summed E-state index contributed by atoms with van der Waals surface area (Å²) >= 11 is 1.67. The van der Waals surface area contributed by atoms with Gasteiger partial charge in [-0.2, -0.15) is 0 Å². The number of benzene rings is 4. The fourth-order valence-corrected chi connectivity index (χ4v) is 4.68. The number of fused-ring (bicyclic) bond motifs is 1. The van der Waals surface area contributed by atoms with Crippen molar-refractivity contribution in [2.45, 2.75) is 22.4 Å². The van der Waals surface area contributed by atoms with Crippen molar-refractivity contribution < 1.29 is 9.84 Å². The highest BCUT2D eigenvalue weighted by molar-refractivity contribution is 7.99. The van der Waals surface area contributed by atoms with Crippen LogP contribution in [0.2, 0.25) is 0 Å². The van der Waals surface area contributed by atoms with Crippen LogP contribution in [0.3, 0.4) is 0 Å². The van der Waals surface area contributed by atoms with E-state index in [1.807, 2.05) is 73.8 Å². The Balaban J connectivity index is 1.35. The Morgan fingerprint density at radius 1 is 0.875 bits per heavy atom. The molecule has 4 nitrogen and oxygen atoms in total. The topological polar surface area (TPSA) is 58.7 Å². The molecule has 0 bridgehead atoms. The van der Waals surface area contributed by atoms with E-state index in [-0.39, 0.29) is 6.61 Å². The molecule has 32 heavy (non-hydrogen) atoms. The average molecular weight is 445 g/mol. The van der Waals surface area contributed by atoms with Gasteiger partial charge >= 0.3 is 0 Å². The first kappa shape index (κ1) is 22.2. The molecule has 0 fully saturated rings. The zero-order valence-electron chi connectivity index (χ0n) is 18.1. The second kappa shape index (κ2) is 10.6. The van der Waals surface area contributed by atoms with Crippen LogP contribution in [0, 0.1) is 0 Å². The average Bonchev–Trinajstić information content (AvgIpc) is 2.80. The maximum atomic E-state index is 10.6. The summed E-state index contributed by atoms with van der Waals surface area (Å²) in [6.07, 6.45) is -0.594. The summed E-state index contributed by atoms with van der Waals surface area (Å²) in [5.41, 5.74) is 8.10. The van der Waals surface area contributed by atoms with Gasteiger partial charge in [0.25, 0.3) is 0 Å². The third-order valence-electron chi connectivity index (χ3n) is 5.26. The van der Waals surface area contributed by atoms with E-state index in [2.05, 4.69) is 29.2 Å². The first-order valence-corrected chi connectivity index (χ1v) is 11.5. The van der Waals surface area contributed by atoms with Crippen molar-refractivity contribution in [2.75, 3.05) is 25.9 Å². The highest BCUT2D eigenvalue weighted by atomic mass is 32.2. The van der Waals surface area contributed by atoms with Crippen LogP contribution in [0.1, 0.15) is 5.56 Å². The number of anilines is 1. The number of nitrogens with two attached hydrogens (primary N) is 1. The molecular formula is C27H28N2O2S. The van der Waals surface area contributed by atoms with Crippen LogP contribution in [0.5, 0.6) is 5.75 Å². The van der Waals surface area contributed by atoms with Crippen molar-refractivity contribution in [2.24, 2.45) is 0 Å². The minimum Gasteiger partial charge on any atom is -0.490 e. The third-order valence-corrected chi connectivity index (χ3v) is 6.46. The molecule has 0 spiro atoms. The predicted octanol–water partition coefficient (Wildman–Crippen LogP) is 5.44. The zero-order valence-corrected chi connectivity index (χ0v) is 19.0. The number of para-hydroxylation sites is 1. The smallest absolute Gasteiger partial charge is 0.127 e. The van der Waals surface area contributed by atoms with Gasteiger partial charge in [0.15, 0.2) is 0 Å². The molecule has 0 heterocycles. The van der Waals surface area contributed by atoms with E-state index in [1.54, 1.807) is 11.8 Å². The molecular weight excluding hydrogens is 416 g/mol. The van der Waals surface area contributed by atoms with E-state index in [4.69, 9.17) is 10.5 Å². The molecule has 0 saturated carbocycles. The number of hydrogen-bond donors (Lipinski definition) is 2. The lowest BCUT2D eigenvalue weighted by Crippen LogP contribution is -2.32. The summed E-state index contributed by atoms with van der Waals surface area (Å²) in [6, 6.07) is 30.3. The molecule has 0 aliphatic carbocycles. The predicted molar refractivity (Wildman–Crippen MR) is 133 cm³/mol. The van der Waals surface area contributed by atoms with Crippen LogP contribution >= 0.6 is 11.8 Å². The first-order chi connectivity index (χ1) is 15.6. The van der Waals surface area contributed by atoms with Crippen molar-refractivity contribution in [3.05, 3.63) is 96.6 Å². The van der Waals surface area contributed by atoms with Crippen molar-refractivity contribution in [3.8, 4) is 5.75 Å². The standard InChI is InChI=1S/C27H28N2O2S/c1-29(17-21-10-3-6-15-26(21)32-27-16-7-5-13-24(27)28)18-22(30)19-31-25-14-8-11-20-9-2-4-12-23(20)25/h2-16,22,30H,17-19,28H2,1H3. The monoisotopic (exact) mass is 444 g/mol. The van der Waals surface area contributed by atoms with Crippen molar-refractivity contribution in [3.63, 3.8) is 0 Å². The van der Waals surface area contributed by atoms with E-state index in [1.165, 1.54) is 10.5 Å². The Hall–Kier alpha value is -2.99. The van der Waals surface area contributed by atoms with Gasteiger partial charge in [-0.25, -0.2) is 0 Å². The number of aliphatic hydroxyl groups excluding tert-OH is 1. The molecule has 4 aromatic rings. The number of likely N-dealkylation sites (N-methyl/N-ethyl adjacent to an activating group) is 1. The Labute approximate surface area is 193 Å². The fourth-order valence-electron chi connectivity index (χ4n) is 3.70. The quantitative estimate of drug-likeness (QED) is 0.337. The minimum atomic E-state index is -0.594. The number of nitrogens with zero attached hydrogens (tertiary/aromatic N) is 1. The Bertz CT molecular complexity index is 1180. The Morgan fingerprint density at radius 2 is 1.56 bits per heavy atom. The second-order valence-electron chi connectivity index (χ2n) is 7.89. The van der Waals surface area contributed by atoms with E-state index < -0.39 is 6.10 Å². The molecule has 0 aliphatic rings. The molecule has 0 amide bonds. The maximum Gasteiger partial charge on any atom is 0.127 e. The zero-order chi connectivity index (χ0) is 22.3. The van der Waals surface area contributed by atoms with Gasteiger partial charge in [0.05, 0.1) is 0 Å². The van der Waals surface area contributed by atoms with Gasteiger partial charge in [0.2, 0.25) is 0 Å². The molecule has 0 saturated heterocycles. The highest BCUT2D eigenvalue weighted by Gasteiger charge is 2.13. The van der Waals surface area contributed by atoms with Crippen molar-refractivity contribution >= 4 is 28.2 Å². The number of rotatable bonds is 9. The number of hydrogen-bond acceptors (Lipinski definition) is 5. The van der Waals surface area contributed by atoms with Gasteiger partial charge in [0.1, 0.15) is 18.5 Å². The summed E-state index contributed by atoms with van der Waals surface area (Å²) in [7, 11) is 2.01. The molecule has 0 radical (unpaired) electrons. The van der Waals surface area contributed by atoms with Crippen molar-refractivity contribution in [1.29, 1.82) is 0 Å². The van der Waals surface area contributed by atoms with Crippen molar-refractivity contribution in [1.82, 2.24) is 4.90 Å². The van der Waals surface area contributed by atoms with Crippen LogP contribution in [-0.2, 0) is 6.54 Å². The van der Waals surface area contributed by atoms with Crippen LogP contribution in [0.4, 0.5) is 5.69 Å². The molecule has 4 rings (SSSR count). The van der Waals surface area contributed by atoms with Gasteiger partial charge in [-0.05, 0) is 42.3 Å². The number of aliphatic hydroxyl groups is 1. The molecule has 5 heteroatoms. The molecule has 1 atom stereocenters. The SMILES string of the molecule is CN(Cc1ccccc1Sc1ccccc1N)CC(O)COc1cccc2ccccc12. The lowest BCUT2D eigenvalue weighted by Gasteiger charge is -2.22. The molecule has 0 aliphatic heterocycles. The number of nitrogen functional groups attached to an aromatic ring is 1. The summed E-state index contributed by atoms with van der Waals surface area (Å²) in [5, 5.41) is 12.8. The highest BCUT2D eigenvalue weighted by Crippen LogP contribution is 2.34. The van der Waals surface area contributed by atoms with E-state index in [0.29, 0.717) is 6.54 Å². The third kappa shape index (κ3) is 5.62. The van der Waals surface area contributed by atoms with E-state index in [0.717, 1.165) is 33.6 Å².